The Kier molecular flexibility index (Phi) is 4.76. The van der Waals surface area contributed by atoms with E-state index < -0.39 is 0 Å². The number of nitrogens with zero attached hydrogens (tertiary/aromatic N) is 2. The van der Waals surface area contributed by atoms with E-state index in [-0.39, 0.29) is 11.5 Å². The number of hydrogen-bond donors (Lipinski definition) is 1. The number of nitrogens with one attached hydrogen (secondary N) is 1. The van der Waals surface area contributed by atoms with Crippen LogP contribution in [-0.4, -0.2) is 21.4 Å². The van der Waals surface area contributed by atoms with Crippen molar-refractivity contribution in [2.45, 2.75) is 39.3 Å². The van der Waals surface area contributed by atoms with Crippen molar-refractivity contribution in [3.63, 3.8) is 0 Å². The van der Waals surface area contributed by atoms with E-state index in [0.717, 1.165) is 35.7 Å². The van der Waals surface area contributed by atoms with Gasteiger partial charge in [-0.25, -0.2) is 4.98 Å². The quantitative estimate of drug-likeness (QED) is 0.915. The highest BCUT2D eigenvalue weighted by molar-refractivity contribution is 6.35. The molecule has 6 heteroatoms. The second kappa shape index (κ2) is 6.63. The summed E-state index contributed by atoms with van der Waals surface area (Å²) in [5.41, 5.74) is 2.73. The second-order valence-electron chi connectivity index (χ2n) is 6.23. The molecule has 3 rings (SSSR count). The van der Waals surface area contributed by atoms with Crippen molar-refractivity contribution in [1.82, 2.24) is 14.9 Å². The third kappa shape index (κ3) is 3.60. The van der Waals surface area contributed by atoms with Gasteiger partial charge in [0, 0.05) is 41.2 Å². The predicted molar refractivity (Wildman–Crippen MR) is 93.2 cm³/mol. The lowest BCUT2D eigenvalue weighted by molar-refractivity contribution is 0.240. The molecule has 1 aromatic heterocycles. The molecule has 1 aliphatic rings. The van der Waals surface area contributed by atoms with Gasteiger partial charge in [-0.1, -0.05) is 43.1 Å². The average Bonchev–Trinajstić information content (AvgIpc) is 2.49. The van der Waals surface area contributed by atoms with Crippen LogP contribution in [0.1, 0.15) is 42.4 Å². The minimum atomic E-state index is 0.00266. The summed E-state index contributed by atoms with van der Waals surface area (Å²) in [6.07, 6.45) is 0.710. The molecule has 0 fully saturated rings. The maximum Gasteiger partial charge on any atom is 0.254 e. The molecule has 0 unspecified atom stereocenters. The summed E-state index contributed by atoms with van der Waals surface area (Å²) in [5.74, 6) is 0.953. The van der Waals surface area contributed by atoms with Crippen molar-refractivity contribution in [2.75, 3.05) is 6.54 Å². The van der Waals surface area contributed by atoms with Gasteiger partial charge in [-0.3, -0.25) is 9.69 Å². The van der Waals surface area contributed by atoms with Crippen LogP contribution in [-0.2, 0) is 19.5 Å². The van der Waals surface area contributed by atoms with Crippen LogP contribution < -0.4 is 5.56 Å². The molecule has 4 nitrogen and oxygen atoms in total. The summed E-state index contributed by atoms with van der Waals surface area (Å²) in [5, 5.41) is 1.31. The van der Waals surface area contributed by atoms with Crippen LogP contribution in [0, 0.1) is 0 Å². The monoisotopic (exact) mass is 351 g/mol. The molecule has 122 valence electrons. The van der Waals surface area contributed by atoms with Crippen molar-refractivity contribution >= 4 is 23.2 Å². The molecule has 0 saturated carbocycles. The van der Waals surface area contributed by atoms with Gasteiger partial charge in [-0.2, -0.15) is 0 Å². The molecule has 0 bridgehead atoms. The Hall–Kier alpha value is -1.36. The molecule has 23 heavy (non-hydrogen) atoms. The van der Waals surface area contributed by atoms with Crippen LogP contribution >= 0.6 is 23.2 Å². The number of fused-ring (bicyclic) bond motifs is 1. The van der Waals surface area contributed by atoms with E-state index >= 15 is 0 Å². The Morgan fingerprint density at radius 3 is 2.83 bits per heavy atom. The summed E-state index contributed by atoms with van der Waals surface area (Å²) < 4.78 is 0. The highest BCUT2D eigenvalue weighted by atomic mass is 35.5. The van der Waals surface area contributed by atoms with Crippen molar-refractivity contribution in [3.8, 4) is 0 Å². The molecule has 1 aromatic carbocycles. The number of aromatic amines is 1. The summed E-state index contributed by atoms with van der Waals surface area (Å²) >= 11 is 12.2. The summed E-state index contributed by atoms with van der Waals surface area (Å²) in [6, 6.07) is 5.56. The van der Waals surface area contributed by atoms with Gasteiger partial charge < -0.3 is 4.98 Å². The van der Waals surface area contributed by atoms with Crippen molar-refractivity contribution in [2.24, 2.45) is 0 Å². The normalized spacial score (nSPS) is 15.0. The molecule has 0 atom stereocenters. The van der Waals surface area contributed by atoms with Crippen LogP contribution in [0.4, 0.5) is 0 Å². The van der Waals surface area contributed by atoms with Gasteiger partial charge in [0.05, 0.1) is 5.69 Å². The first-order chi connectivity index (χ1) is 10.9. The molecular weight excluding hydrogens is 333 g/mol. The van der Waals surface area contributed by atoms with E-state index in [2.05, 4.69) is 14.9 Å². The topological polar surface area (TPSA) is 49.0 Å². The van der Waals surface area contributed by atoms with Crippen molar-refractivity contribution in [3.05, 3.63) is 61.2 Å². The number of halogens is 2. The van der Waals surface area contributed by atoms with E-state index in [1.165, 1.54) is 0 Å². The fourth-order valence-electron chi connectivity index (χ4n) is 2.81. The van der Waals surface area contributed by atoms with Gasteiger partial charge in [0.25, 0.3) is 5.56 Å². The standard InChI is InChI=1S/C17H19Cl2N3O/c1-10(2)16-20-15-9-22(6-5-13(15)17(23)21-16)8-11-3-4-12(18)7-14(11)19/h3-4,7,10H,5-6,8-9H2,1-2H3,(H,20,21,23). The zero-order chi connectivity index (χ0) is 16.6. The van der Waals surface area contributed by atoms with Crippen LogP contribution in [0.2, 0.25) is 10.0 Å². The van der Waals surface area contributed by atoms with Crippen LogP contribution in [0.3, 0.4) is 0 Å². The number of aromatic nitrogens is 2. The van der Waals surface area contributed by atoms with Gasteiger partial charge in [0.15, 0.2) is 0 Å². The third-order valence-corrected chi connectivity index (χ3v) is 4.71. The van der Waals surface area contributed by atoms with E-state index in [0.29, 0.717) is 23.0 Å². The Balaban J connectivity index is 1.83. The first kappa shape index (κ1) is 16.5. The minimum Gasteiger partial charge on any atom is -0.310 e. The minimum absolute atomic E-state index is 0.00266. The van der Waals surface area contributed by atoms with Gasteiger partial charge in [0.2, 0.25) is 0 Å². The Morgan fingerprint density at radius 1 is 1.35 bits per heavy atom. The summed E-state index contributed by atoms with van der Waals surface area (Å²) in [4.78, 5) is 22.0. The number of hydrogen-bond acceptors (Lipinski definition) is 3. The maximum absolute atomic E-state index is 12.2. The molecule has 2 aromatic rings. The summed E-state index contributed by atoms with van der Waals surface area (Å²) in [7, 11) is 0. The van der Waals surface area contributed by atoms with Crippen LogP contribution in [0.5, 0.6) is 0 Å². The van der Waals surface area contributed by atoms with Crippen molar-refractivity contribution < 1.29 is 0 Å². The third-order valence-electron chi connectivity index (χ3n) is 4.13. The first-order valence-corrected chi connectivity index (χ1v) is 8.48. The van der Waals surface area contributed by atoms with E-state index in [1.807, 2.05) is 26.0 Å². The van der Waals surface area contributed by atoms with Gasteiger partial charge in [0.1, 0.15) is 5.82 Å². The number of H-pyrrole nitrogens is 1. The van der Waals surface area contributed by atoms with Gasteiger partial charge in [-0.15, -0.1) is 0 Å². The molecule has 0 saturated heterocycles. The van der Waals surface area contributed by atoms with Crippen LogP contribution in [0.15, 0.2) is 23.0 Å². The van der Waals surface area contributed by atoms with E-state index in [9.17, 15) is 4.79 Å². The fourth-order valence-corrected chi connectivity index (χ4v) is 3.28. The smallest absolute Gasteiger partial charge is 0.254 e. The molecule has 0 aliphatic carbocycles. The number of rotatable bonds is 3. The zero-order valence-electron chi connectivity index (χ0n) is 13.2. The first-order valence-electron chi connectivity index (χ1n) is 7.72. The SMILES string of the molecule is CC(C)c1nc2c(c(=O)[nH]1)CCN(Cc1ccc(Cl)cc1Cl)C2. The second-order valence-corrected chi connectivity index (χ2v) is 7.07. The highest BCUT2D eigenvalue weighted by Gasteiger charge is 2.22. The largest absolute Gasteiger partial charge is 0.310 e. The fraction of sp³-hybridized carbons (Fsp3) is 0.412. The van der Waals surface area contributed by atoms with Crippen LogP contribution in [0.25, 0.3) is 0 Å². The van der Waals surface area contributed by atoms with E-state index in [4.69, 9.17) is 23.2 Å². The molecule has 0 spiro atoms. The zero-order valence-corrected chi connectivity index (χ0v) is 14.7. The maximum atomic E-state index is 12.2. The predicted octanol–water partition coefficient (Wildman–Crippen LogP) is 3.76. The number of benzene rings is 1. The highest BCUT2D eigenvalue weighted by Crippen LogP contribution is 2.24. The average molecular weight is 352 g/mol. The van der Waals surface area contributed by atoms with Crippen molar-refractivity contribution in [1.29, 1.82) is 0 Å². The Labute approximate surface area is 145 Å². The molecule has 1 aliphatic heterocycles. The molecule has 0 amide bonds. The lowest BCUT2D eigenvalue weighted by Crippen LogP contribution is -2.35. The molecular formula is C17H19Cl2N3O. The van der Waals surface area contributed by atoms with E-state index in [1.54, 1.807) is 6.07 Å². The van der Waals surface area contributed by atoms with Gasteiger partial charge >= 0.3 is 0 Å². The molecule has 1 N–H and O–H groups in total. The van der Waals surface area contributed by atoms with Gasteiger partial charge in [-0.05, 0) is 24.1 Å². The Bertz CT molecular complexity index is 786. The lowest BCUT2D eigenvalue weighted by Gasteiger charge is -2.28. The lowest BCUT2D eigenvalue weighted by atomic mass is 10.0. The Morgan fingerprint density at radius 2 is 2.13 bits per heavy atom. The molecule has 2 heterocycles. The molecule has 0 radical (unpaired) electrons. The summed E-state index contributed by atoms with van der Waals surface area (Å²) in [6.45, 7) is 6.26.